The summed E-state index contributed by atoms with van der Waals surface area (Å²) in [6.45, 7) is 2.69. The second kappa shape index (κ2) is 11.5. The Morgan fingerprint density at radius 2 is 1.67 bits per heavy atom. The fourth-order valence-corrected chi connectivity index (χ4v) is 5.42. The second-order valence-corrected chi connectivity index (χ2v) is 9.94. The molecule has 2 aromatic carbocycles. The van der Waals surface area contributed by atoms with Crippen LogP contribution in [-0.4, -0.2) is 64.1 Å². The van der Waals surface area contributed by atoms with Gasteiger partial charge in [-0.25, -0.2) is 13.4 Å². The van der Waals surface area contributed by atoms with Crippen molar-refractivity contribution in [3.8, 4) is 0 Å². The Morgan fingerprint density at radius 3 is 2.24 bits per heavy atom. The number of sulfonamides is 1. The van der Waals surface area contributed by atoms with Gasteiger partial charge in [0, 0.05) is 38.3 Å². The Balaban J connectivity index is 1.99. The van der Waals surface area contributed by atoms with E-state index >= 15 is 0 Å². The Hall–Kier alpha value is -2.63. The number of thiazole rings is 1. The molecule has 0 bridgehead atoms. The number of hydrogen-bond donors (Lipinski definition) is 0. The monoisotopic (exact) mass is 489 g/mol. The number of rotatable bonds is 11. The number of ether oxygens (including phenoxy) is 2. The number of nitrogens with zero attached hydrogens (tertiary/aromatic N) is 3. The van der Waals surface area contributed by atoms with Crippen LogP contribution < -0.4 is 4.90 Å². The summed E-state index contributed by atoms with van der Waals surface area (Å²) in [4.78, 5) is 19.6. The number of aryl methyl sites for hydroxylation is 1. The van der Waals surface area contributed by atoms with Gasteiger partial charge < -0.3 is 9.47 Å². The lowest BCUT2D eigenvalue weighted by Crippen LogP contribution is -2.36. The molecule has 0 atom stereocenters. The summed E-state index contributed by atoms with van der Waals surface area (Å²) in [5.41, 5.74) is 1.69. The molecular formula is C23H27N3O5S2. The summed E-state index contributed by atoms with van der Waals surface area (Å²) < 4.78 is 38.0. The van der Waals surface area contributed by atoms with Crippen LogP contribution in [0.2, 0.25) is 0 Å². The molecule has 33 heavy (non-hydrogen) atoms. The van der Waals surface area contributed by atoms with Gasteiger partial charge >= 0.3 is 0 Å². The molecule has 0 saturated carbocycles. The van der Waals surface area contributed by atoms with Gasteiger partial charge in [-0.2, -0.15) is 4.31 Å². The van der Waals surface area contributed by atoms with Crippen LogP contribution in [0.5, 0.6) is 0 Å². The summed E-state index contributed by atoms with van der Waals surface area (Å²) in [7, 11) is -0.837. The minimum Gasteiger partial charge on any atom is -0.383 e. The van der Waals surface area contributed by atoms with Crippen LogP contribution >= 0.6 is 11.3 Å². The van der Waals surface area contributed by atoms with Crippen LogP contribution in [0.15, 0.2) is 64.9 Å². The van der Waals surface area contributed by atoms with Crippen molar-refractivity contribution in [2.45, 2.75) is 11.8 Å². The molecular weight excluding hydrogens is 462 g/mol. The van der Waals surface area contributed by atoms with E-state index in [9.17, 15) is 13.2 Å². The minimum absolute atomic E-state index is 0.0314. The zero-order valence-electron chi connectivity index (χ0n) is 18.8. The van der Waals surface area contributed by atoms with Crippen molar-refractivity contribution in [3.63, 3.8) is 0 Å². The predicted octanol–water partition coefficient (Wildman–Crippen LogP) is 3.71. The quantitative estimate of drug-likeness (QED) is 0.408. The largest absolute Gasteiger partial charge is 0.383 e. The van der Waals surface area contributed by atoms with Crippen LogP contribution in [0.3, 0.4) is 0 Å². The smallest absolute Gasteiger partial charge is 0.264 e. The Bertz CT molecular complexity index is 1160. The topological polar surface area (TPSA) is 89.0 Å². The van der Waals surface area contributed by atoms with Crippen molar-refractivity contribution in [3.05, 3.63) is 71.2 Å². The number of carbonyl (C=O) groups is 1. The van der Waals surface area contributed by atoms with Gasteiger partial charge in [-0.05, 0) is 37.3 Å². The molecule has 176 valence electrons. The fraction of sp³-hybridized carbons (Fsp3) is 0.304. The first-order valence-corrected chi connectivity index (χ1v) is 12.6. The number of anilines is 2. The highest BCUT2D eigenvalue weighted by atomic mass is 32.2. The minimum atomic E-state index is -3.86. The molecule has 0 aliphatic rings. The van der Waals surface area contributed by atoms with Crippen LogP contribution in [0.25, 0.3) is 0 Å². The summed E-state index contributed by atoms with van der Waals surface area (Å²) in [6, 6.07) is 15.2. The van der Waals surface area contributed by atoms with E-state index in [0.717, 1.165) is 5.69 Å². The number of amides is 1. The maximum Gasteiger partial charge on any atom is 0.264 e. The van der Waals surface area contributed by atoms with Gasteiger partial charge in [-0.15, -0.1) is 11.3 Å². The highest BCUT2D eigenvalue weighted by Gasteiger charge is 2.27. The van der Waals surface area contributed by atoms with E-state index in [-0.39, 0.29) is 42.7 Å². The van der Waals surface area contributed by atoms with E-state index < -0.39 is 10.0 Å². The molecule has 0 N–H and O–H groups in total. The van der Waals surface area contributed by atoms with Crippen LogP contribution in [0.4, 0.5) is 10.8 Å². The van der Waals surface area contributed by atoms with E-state index in [2.05, 4.69) is 4.98 Å². The molecule has 1 heterocycles. The third-order valence-corrected chi connectivity index (χ3v) is 7.66. The van der Waals surface area contributed by atoms with E-state index in [4.69, 9.17) is 9.47 Å². The van der Waals surface area contributed by atoms with Gasteiger partial charge in [0.2, 0.25) is 10.0 Å². The van der Waals surface area contributed by atoms with Gasteiger partial charge in [0.25, 0.3) is 5.91 Å². The maximum absolute atomic E-state index is 13.6. The highest BCUT2D eigenvalue weighted by Crippen LogP contribution is 2.30. The average Bonchev–Trinajstić information content (AvgIpc) is 3.25. The summed E-state index contributed by atoms with van der Waals surface area (Å²) in [6.07, 6.45) is 0. The SMILES string of the molecule is COCCN(CCOC)S(=O)(=O)c1cccc(C(=O)N(c2ccccc2)c2nc(C)cs2)c1. The van der Waals surface area contributed by atoms with Crippen LogP contribution in [0.1, 0.15) is 16.1 Å². The molecule has 0 aliphatic carbocycles. The van der Waals surface area contributed by atoms with Crippen LogP contribution in [0, 0.1) is 6.92 Å². The Labute approximate surface area is 198 Å². The zero-order valence-corrected chi connectivity index (χ0v) is 20.4. The second-order valence-electron chi connectivity index (χ2n) is 7.17. The summed E-state index contributed by atoms with van der Waals surface area (Å²) in [5.74, 6) is -0.368. The van der Waals surface area contributed by atoms with Gasteiger partial charge in [0.15, 0.2) is 5.13 Å². The number of benzene rings is 2. The van der Waals surface area contributed by atoms with Crippen LogP contribution in [-0.2, 0) is 19.5 Å². The van der Waals surface area contributed by atoms with Crippen molar-refractivity contribution in [2.75, 3.05) is 45.4 Å². The van der Waals surface area contributed by atoms with Crippen molar-refractivity contribution in [1.29, 1.82) is 0 Å². The Kier molecular flexibility index (Phi) is 8.70. The number of aromatic nitrogens is 1. The Morgan fingerprint density at radius 1 is 1.00 bits per heavy atom. The maximum atomic E-state index is 13.6. The van der Waals surface area contributed by atoms with Gasteiger partial charge in [-0.3, -0.25) is 9.69 Å². The first kappa shape index (κ1) is 25.0. The first-order chi connectivity index (χ1) is 15.9. The molecule has 0 fully saturated rings. The molecule has 3 aromatic rings. The van der Waals surface area contributed by atoms with Crippen molar-refractivity contribution >= 4 is 38.1 Å². The van der Waals surface area contributed by atoms with Gasteiger partial charge in [0.1, 0.15) is 0 Å². The fourth-order valence-electron chi connectivity index (χ4n) is 3.14. The molecule has 1 aromatic heterocycles. The van der Waals surface area contributed by atoms with E-state index in [0.29, 0.717) is 10.8 Å². The third-order valence-electron chi connectivity index (χ3n) is 4.82. The van der Waals surface area contributed by atoms with Gasteiger partial charge in [0.05, 0.1) is 29.5 Å². The lowest BCUT2D eigenvalue weighted by atomic mass is 10.2. The highest BCUT2D eigenvalue weighted by molar-refractivity contribution is 7.89. The number of methoxy groups -OCH3 is 2. The van der Waals surface area contributed by atoms with Crippen molar-refractivity contribution in [2.24, 2.45) is 0 Å². The van der Waals surface area contributed by atoms with Crippen molar-refractivity contribution < 1.29 is 22.7 Å². The van der Waals surface area contributed by atoms with Crippen molar-refractivity contribution in [1.82, 2.24) is 9.29 Å². The predicted molar refractivity (Wildman–Crippen MR) is 129 cm³/mol. The summed E-state index contributed by atoms with van der Waals surface area (Å²) in [5, 5.41) is 2.38. The first-order valence-electron chi connectivity index (χ1n) is 10.3. The van der Waals surface area contributed by atoms with E-state index in [1.807, 2.05) is 42.6 Å². The molecule has 0 saturated heterocycles. The molecule has 8 nitrogen and oxygen atoms in total. The lowest BCUT2D eigenvalue weighted by Gasteiger charge is -2.23. The molecule has 0 aliphatic heterocycles. The number of carbonyl (C=O) groups excluding carboxylic acids is 1. The molecule has 0 unspecified atom stereocenters. The molecule has 1 amide bonds. The average molecular weight is 490 g/mol. The molecule has 0 spiro atoms. The van der Waals surface area contributed by atoms with Gasteiger partial charge in [-0.1, -0.05) is 24.3 Å². The number of para-hydroxylation sites is 1. The third kappa shape index (κ3) is 6.04. The number of hydrogen-bond acceptors (Lipinski definition) is 7. The lowest BCUT2D eigenvalue weighted by molar-refractivity contribution is 0.0999. The molecule has 3 rings (SSSR count). The zero-order chi connectivity index (χ0) is 23.8. The summed E-state index contributed by atoms with van der Waals surface area (Å²) >= 11 is 1.35. The van der Waals surface area contributed by atoms with E-state index in [1.54, 1.807) is 12.1 Å². The molecule has 0 radical (unpaired) electrons. The van der Waals surface area contributed by atoms with E-state index in [1.165, 1.54) is 46.9 Å². The normalized spacial score (nSPS) is 11.6. The molecule has 10 heteroatoms. The standard InChI is InChI=1S/C23H27N3O5S2/c1-18-17-32-23(24-18)26(20-9-5-4-6-10-20)22(27)19-8-7-11-21(16-19)33(28,29)25(12-14-30-2)13-15-31-3/h4-11,16-17H,12-15H2,1-3H3.